The van der Waals surface area contributed by atoms with Gasteiger partial charge in [0.05, 0.1) is 31.9 Å². The molecule has 8 heteroatoms. The number of hydrogen-bond acceptors (Lipinski definition) is 5. The Balaban J connectivity index is 2.31. The highest BCUT2D eigenvalue weighted by Crippen LogP contribution is 2.30. The first-order valence-corrected chi connectivity index (χ1v) is 10.7. The van der Waals surface area contributed by atoms with Gasteiger partial charge in [-0.2, -0.15) is 0 Å². The van der Waals surface area contributed by atoms with Gasteiger partial charge in [0.15, 0.2) is 0 Å². The maximum Gasteiger partial charge on any atom is 0.248 e. The van der Waals surface area contributed by atoms with Crippen molar-refractivity contribution >= 4 is 27.3 Å². The maximum atomic E-state index is 12.8. The molecule has 0 heterocycles. The summed E-state index contributed by atoms with van der Waals surface area (Å²) in [5.74, 6) is 0.517. The normalized spacial score (nSPS) is 12.2. The summed E-state index contributed by atoms with van der Waals surface area (Å²) in [5.41, 5.74) is 1.94. The fourth-order valence-electron chi connectivity index (χ4n) is 2.83. The van der Waals surface area contributed by atoms with Gasteiger partial charge in [-0.1, -0.05) is 19.1 Å². The van der Waals surface area contributed by atoms with Crippen LogP contribution in [0.25, 0.3) is 0 Å². The monoisotopic (exact) mass is 406 g/mol. The molecule has 2 rings (SSSR count). The van der Waals surface area contributed by atoms with E-state index in [4.69, 9.17) is 9.47 Å². The van der Waals surface area contributed by atoms with Crippen molar-refractivity contribution in [1.82, 2.24) is 0 Å². The largest absolute Gasteiger partial charge is 0.497 e. The van der Waals surface area contributed by atoms with Gasteiger partial charge in [0.25, 0.3) is 0 Å². The van der Waals surface area contributed by atoms with Gasteiger partial charge in [-0.3, -0.25) is 9.10 Å². The van der Waals surface area contributed by atoms with E-state index in [1.807, 2.05) is 19.1 Å². The van der Waals surface area contributed by atoms with E-state index < -0.39 is 22.0 Å². The van der Waals surface area contributed by atoms with Gasteiger partial charge in [-0.25, -0.2) is 8.42 Å². The predicted octanol–water partition coefficient (Wildman–Crippen LogP) is 3.06. The van der Waals surface area contributed by atoms with Gasteiger partial charge in [-0.05, 0) is 43.2 Å². The number of ether oxygens (including phenoxy) is 2. The van der Waals surface area contributed by atoms with Gasteiger partial charge < -0.3 is 14.8 Å². The summed E-state index contributed by atoms with van der Waals surface area (Å²) in [7, 11) is -0.670. The van der Waals surface area contributed by atoms with Crippen LogP contribution in [0.5, 0.6) is 11.5 Å². The van der Waals surface area contributed by atoms with E-state index in [0.29, 0.717) is 22.9 Å². The highest BCUT2D eigenvalue weighted by Gasteiger charge is 2.29. The molecule has 2 aromatic carbocycles. The Bertz CT molecular complexity index is 926. The van der Waals surface area contributed by atoms with E-state index in [9.17, 15) is 13.2 Å². The van der Waals surface area contributed by atoms with E-state index in [-0.39, 0.29) is 0 Å². The van der Waals surface area contributed by atoms with Crippen LogP contribution in [-0.4, -0.2) is 40.8 Å². The summed E-state index contributed by atoms with van der Waals surface area (Å²) in [6.07, 6.45) is 1.92. The summed E-state index contributed by atoms with van der Waals surface area (Å²) in [6.45, 7) is 3.56. The summed E-state index contributed by atoms with van der Waals surface area (Å²) in [6, 6.07) is 11.1. The van der Waals surface area contributed by atoms with Crippen LogP contribution in [0.1, 0.15) is 19.4 Å². The van der Waals surface area contributed by atoms with E-state index in [0.717, 1.165) is 22.5 Å². The summed E-state index contributed by atoms with van der Waals surface area (Å²) in [5, 5.41) is 2.73. The number of sulfonamides is 1. The number of benzene rings is 2. The number of anilines is 2. The fourth-order valence-corrected chi connectivity index (χ4v) is 4.00. The second kappa shape index (κ2) is 8.97. The number of carbonyl (C=O) groups excluding carboxylic acids is 1. The third-order valence-corrected chi connectivity index (χ3v) is 5.60. The van der Waals surface area contributed by atoms with Gasteiger partial charge in [0, 0.05) is 6.07 Å². The molecule has 1 atom stereocenters. The van der Waals surface area contributed by atoms with Crippen molar-refractivity contribution in [2.24, 2.45) is 0 Å². The minimum atomic E-state index is -3.68. The van der Waals surface area contributed by atoms with E-state index >= 15 is 0 Å². The van der Waals surface area contributed by atoms with Gasteiger partial charge >= 0.3 is 0 Å². The van der Waals surface area contributed by atoms with E-state index in [2.05, 4.69) is 5.32 Å². The van der Waals surface area contributed by atoms with Crippen molar-refractivity contribution in [3.05, 3.63) is 48.0 Å². The molecule has 0 aromatic heterocycles. The molecule has 1 amide bonds. The Morgan fingerprint density at radius 2 is 1.75 bits per heavy atom. The summed E-state index contributed by atoms with van der Waals surface area (Å²) in [4.78, 5) is 12.8. The minimum Gasteiger partial charge on any atom is -0.497 e. The summed E-state index contributed by atoms with van der Waals surface area (Å²) < 4.78 is 36.3. The Labute approximate surface area is 166 Å². The van der Waals surface area contributed by atoms with Crippen molar-refractivity contribution in [2.75, 3.05) is 30.1 Å². The smallest absolute Gasteiger partial charge is 0.248 e. The Hall–Kier alpha value is -2.74. The van der Waals surface area contributed by atoms with Crippen molar-refractivity contribution in [3.63, 3.8) is 0 Å². The molecule has 1 unspecified atom stereocenters. The van der Waals surface area contributed by atoms with Crippen LogP contribution >= 0.6 is 0 Å². The lowest BCUT2D eigenvalue weighted by molar-refractivity contribution is -0.116. The van der Waals surface area contributed by atoms with Crippen LogP contribution in [0.15, 0.2) is 42.5 Å². The predicted molar refractivity (Wildman–Crippen MR) is 111 cm³/mol. The second-order valence-electron chi connectivity index (χ2n) is 6.31. The number of rotatable bonds is 8. The van der Waals surface area contributed by atoms with Gasteiger partial charge in [-0.15, -0.1) is 0 Å². The first kappa shape index (κ1) is 21.6. The lowest BCUT2D eigenvalue weighted by Crippen LogP contribution is -2.45. The molecule has 0 bridgehead atoms. The van der Waals surface area contributed by atoms with Gasteiger partial charge in [0.1, 0.15) is 17.5 Å². The molecule has 7 nitrogen and oxygen atoms in total. The first-order chi connectivity index (χ1) is 13.2. The topological polar surface area (TPSA) is 84.9 Å². The fraction of sp³-hybridized carbons (Fsp3) is 0.350. The van der Waals surface area contributed by atoms with Crippen LogP contribution in [0.3, 0.4) is 0 Å². The lowest BCUT2D eigenvalue weighted by Gasteiger charge is -2.28. The number of carbonyl (C=O) groups is 1. The Morgan fingerprint density at radius 3 is 2.25 bits per heavy atom. The third kappa shape index (κ3) is 4.95. The molecule has 28 heavy (non-hydrogen) atoms. The highest BCUT2D eigenvalue weighted by atomic mass is 32.2. The van der Waals surface area contributed by atoms with Crippen molar-refractivity contribution in [3.8, 4) is 11.5 Å². The quantitative estimate of drug-likeness (QED) is 0.728. The number of aryl methyl sites for hydroxylation is 1. The Kier molecular flexibility index (Phi) is 6.90. The number of amides is 1. The van der Waals surface area contributed by atoms with Crippen LogP contribution in [0, 0.1) is 0 Å². The van der Waals surface area contributed by atoms with Crippen molar-refractivity contribution in [1.29, 1.82) is 0 Å². The first-order valence-electron chi connectivity index (χ1n) is 8.82. The van der Waals surface area contributed by atoms with Crippen molar-refractivity contribution in [2.45, 2.75) is 26.3 Å². The Morgan fingerprint density at radius 1 is 1.11 bits per heavy atom. The number of hydrogen-bond donors (Lipinski definition) is 1. The SMILES string of the molecule is CCc1ccc(N(C(C)C(=O)Nc2ccc(OC)cc2OC)S(C)(=O)=O)cc1. The average molecular weight is 407 g/mol. The van der Waals surface area contributed by atoms with E-state index in [1.165, 1.54) is 14.2 Å². The molecule has 0 aliphatic heterocycles. The molecule has 0 saturated heterocycles. The zero-order chi connectivity index (χ0) is 20.9. The van der Waals surface area contributed by atoms with Crippen molar-refractivity contribution < 1.29 is 22.7 Å². The number of methoxy groups -OCH3 is 2. The molecule has 2 aromatic rings. The highest BCUT2D eigenvalue weighted by molar-refractivity contribution is 7.92. The maximum absolute atomic E-state index is 12.8. The third-order valence-electron chi connectivity index (χ3n) is 4.35. The number of nitrogens with zero attached hydrogens (tertiary/aromatic N) is 1. The second-order valence-corrected chi connectivity index (χ2v) is 8.17. The lowest BCUT2D eigenvalue weighted by atomic mass is 10.1. The average Bonchev–Trinajstić information content (AvgIpc) is 2.67. The molecule has 0 radical (unpaired) electrons. The van der Waals surface area contributed by atoms with Gasteiger partial charge in [0.2, 0.25) is 15.9 Å². The molecule has 0 spiro atoms. The molecule has 1 N–H and O–H groups in total. The molecular weight excluding hydrogens is 380 g/mol. The standard InChI is InChI=1S/C20H26N2O5S/c1-6-15-7-9-16(10-8-15)22(28(5,24)25)14(2)20(23)21-18-12-11-17(26-3)13-19(18)27-4/h7-14H,6H2,1-5H3,(H,21,23). The molecule has 0 fully saturated rings. The molecular formula is C20H26N2O5S. The molecule has 0 saturated carbocycles. The zero-order valence-electron chi connectivity index (χ0n) is 16.7. The van der Waals surface area contributed by atoms with E-state index in [1.54, 1.807) is 37.3 Å². The minimum absolute atomic E-state index is 0.415. The van der Waals surface area contributed by atoms with Crippen LogP contribution in [0.4, 0.5) is 11.4 Å². The van der Waals surface area contributed by atoms with Crippen LogP contribution in [0.2, 0.25) is 0 Å². The van der Waals surface area contributed by atoms with Crippen LogP contribution in [-0.2, 0) is 21.2 Å². The molecule has 0 aliphatic rings. The van der Waals surface area contributed by atoms with Crippen LogP contribution < -0.4 is 19.1 Å². The molecule has 0 aliphatic carbocycles. The summed E-state index contributed by atoms with van der Waals surface area (Å²) >= 11 is 0. The molecule has 152 valence electrons. The number of nitrogens with one attached hydrogen (secondary N) is 1. The zero-order valence-corrected chi connectivity index (χ0v) is 17.5.